The molecular formula is C23H13F5O3. The Bertz CT molecular complexity index is 1330. The molecule has 4 aromatic rings. The lowest BCUT2D eigenvalue weighted by molar-refractivity contribution is 0.279. The van der Waals surface area contributed by atoms with Crippen molar-refractivity contribution in [3.8, 4) is 16.9 Å². The molecule has 0 aliphatic heterocycles. The zero-order valence-corrected chi connectivity index (χ0v) is 15.9. The Morgan fingerprint density at radius 1 is 0.839 bits per heavy atom. The summed E-state index contributed by atoms with van der Waals surface area (Å²) >= 11 is 0. The Balaban J connectivity index is 1.73. The maximum atomic E-state index is 13.9. The first kappa shape index (κ1) is 20.6. The normalized spacial score (nSPS) is 11.2. The van der Waals surface area contributed by atoms with Gasteiger partial charge in [-0.3, -0.25) is 0 Å². The van der Waals surface area contributed by atoms with Crippen molar-refractivity contribution >= 4 is 11.0 Å². The van der Waals surface area contributed by atoms with Gasteiger partial charge in [0.15, 0.2) is 23.3 Å². The summed E-state index contributed by atoms with van der Waals surface area (Å²) in [4.78, 5) is 12.4. The van der Waals surface area contributed by atoms with Crippen molar-refractivity contribution in [2.45, 2.75) is 13.5 Å². The van der Waals surface area contributed by atoms with Crippen molar-refractivity contribution < 1.29 is 31.1 Å². The van der Waals surface area contributed by atoms with Crippen LogP contribution < -0.4 is 10.4 Å². The molecule has 0 fully saturated rings. The van der Waals surface area contributed by atoms with E-state index < -0.39 is 46.9 Å². The Hall–Kier alpha value is -3.68. The molecular weight excluding hydrogens is 419 g/mol. The van der Waals surface area contributed by atoms with E-state index in [1.807, 2.05) is 0 Å². The van der Waals surface area contributed by atoms with Gasteiger partial charge in [-0.15, -0.1) is 0 Å². The van der Waals surface area contributed by atoms with Gasteiger partial charge in [0, 0.05) is 5.39 Å². The van der Waals surface area contributed by atoms with Crippen LogP contribution >= 0.6 is 0 Å². The second kappa shape index (κ2) is 7.86. The molecule has 0 bridgehead atoms. The van der Waals surface area contributed by atoms with Crippen molar-refractivity contribution in [3.63, 3.8) is 0 Å². The first-order valence-electron chi connectivity index (χ1n) is 9.05. The second-order valence-corrected chi connectivity index (χ2v) is 6.75. The highest BCUT2D eigenvalue weighted by molar-refractivity contribution is 5.87. The summed E-state index contributed by atoms with van der Waals surface area (Å²) in [5, 5.41) is 0.494. The maximum absolute atomic E-state index is 13.9. The molecule has 0 N–H and O–H groups in total. The SMILES string of the molecule is Cc1c(-c2ccccc2)c(=O)oc2ccc(OCc3c(F)c(F)c(F)c(F)c3F)cc12. The summed E-state index contributed by atoms with van der Waals surface area (Å²) in [5.41, 5.74) is 0.197. The van der Waals surface area contributed by atoms with Crippen LogP contribution in [0.15, 0.2) is 57.7 Å². The molecule has 4 rings (SSSR count). The minimum absolute atomic E-state index is 0.0902. The Morgan fingerprint density at radius 2 is 1.45 bits per heavy atom. The number of ether oxygens (including phenoxy) is 1. The number of rotatable bonds is 4. The lowest BCUT2D eigenvalue weighted by Crippen LogP contribution is -2.10. The first-order chi connectivity index (χ1) is 14.8. The third-order valence-corrected chi connectivity index (χ3v) is 4.88. The number of aryl methyl sites for hydroxylation is 1. The zero-order valence-electron chi connectivity index (χ0n) is 15.9. The van der Waals surface area contributed by atoms with Crippen LogP contribution in [0.4, 0.5) is 22.0 Å². The molecule has 0 amide bonds. The summed E-state index contributed by atoms with van der Waals surface area (Å²) in [6.07, 6.45) is 0. The quantitative estimate of drug-likeness (QED) is 0.171. The second-order valence-electron chi connectivity index (χ2n) is 6.75. The van der Waals surface area contributed by atoms with Gasteiger partial charge in [0.25, 0.3) is 0 Å². The molecule has 31 heavy (non-hydrogen) atoms. The fourth-order valence-corrected chi connectivity index (χ4v) is 3.29. The predicted molar refractivity (Wildman–Crippen MR) is 103 cm³/mol. The van der Waals surface area contributed by atoms with Crippen molar-refractivity contribution in [2.75, 3.05) is 0 Å². The van der Waals surface area contributed by atoms with Crippen LogP contribution in [0.1, 0.15) is 11.1 Å². The highest BCUT2D eigenvalue weighted by Gasteiger charge is 2.26. The molecule has 0 unspecified atom stereocenters. The molecule has 0 saturated carbocycles. The maximum Gasteiger partial charge on any atom is 0.344 e. The van der Waals surface area contributed by atoms with Crippen LogP contribution in [0.2, 0.25) is 0 Å². The van der Waals surface area contributed by atoms with E-state index in [9.17, 15) is 26.7 Å². The highest BCUT2D eigenvalue weighted by atomic mass is 19.2. The third kappa shape index (κ3) is 3.54. The molecule has 0 saturated heterocycles. The molecule has 0 aliphatic carbocycles. The van der Waals surface area contributed by atoms with Gasteiger partial charge < -0.3 is 9.15 Å². The minimum atomic E-state index is -2.23. The van der Waals surface area contributed by atoms with E-state index in [2.05, 4.69) is 0 Å². The Kier molecular flexibility index (Phi) is 5.22. The zero-order chi connectivity index (χ0) is 22.3. The van der Waals surface area contributed by atoms with Gasteiger partial charge in [0.05, 0.1) is 11.1 Å². The van der Waals surface area contributed by atoms with Gasteiger partial charge in [0.1, 0.15) is 17.9 Å². The van der Waals surface area contributed by atoms with Crippen LogP contribution in [0, 0.1) is 36.0 Å². The first-order valence-corrected chi connectivity index (χ1v) is 9.05. The van der Waals surface area contributed by atoms with Gasteiger partial charge >= 0.3 is 5.63 Å². The summed E-state index contributed by atoms with van der Waals surface area (Å²) in [6, 6.07) is 13.1. The predicted octanol–water partition coefficient (Wildman–Crippen LogP) is 6.04. The van der Waals surface area contributed by atoms with Crippen LogP contribution in [-0.4, -0.2) is 0 Å². The fourth-order valence-electron chi connectivity index (χ4n) is 3.29. The molecule has 1 aromatic heterocycles. The number of hydrogen-bond donors (Lipinski definition) is 0. The monoisotopic (exact) mass is 432 g/mol. The smallest absolute Gasteiger partial charge is 0.344 e. The Morgan fingerprint density at radius 3 is 2.10 bits per heavy atom. The lowest BCUT2D eigenvalue weighted by atomic mass is 9.99. The van der Waals surface area contributed by atoms with Gasteiger partial charge in [0.2, 0.25) is 5.82 Å². The van der Waals surface area contributed by atoms with Crippen LogP contribution in [-0.2, 0) is 6.61 Å². The van der Waals surface area contributed by atoms with Crippen molar-refractivity contribution in [1.82, 2.24) is 0 Å². The van der Waals surface area contributed by atoms with Gasteiger partial charge in [-0.2, -0.15) is 0 Å². The van der Waals surface area contributed by atoms with E-state index in [-0.39, 0.29) is 11.3 Å². The lowest BCUT2D eigenvalue weighted by Gasteiger charge is -2.12. The minimum Gasteiger partial charge on any atom is -0.489 e. The molecule has 0 radical (unpaired) electrons. The average molecular weight is 432 g/mol. The topological polar surface area (TPSA) is 39.4 Å². The molecule has 8 heteroatoms. The van der Waals surface area contributed by atoms with Crippen molar-refractivity contribution in [2.24, 2.45) is 0 Å². The summed E-state index contributed by atoms with van der Waals surface area (Å²) in [5.74, 6) is -10.1. The van der Waals surface area contributed by atoms with Crippen LogP contribution in [0.3, 0.4) is 0 Å². The van der Waals surface area contributed by atoms with Gasteiger partial charge in [-0.1, -0.05) is 30.3 Å². The number of hydrogen-bond acceptors (Lipinski definition) is 3. The molecule has 3 nitrogen and oxygen atoms in total. The van der Waals surface area contributed by atoms with E-state index in [0.717, 1.165) is 0 Å². The molecule has 158 valence electrons. The molecule has 1 heterocycles. The highest BCUT2D eigenvalue weighted by Crippen LogP contribution is 2.30. The number of fused-ring (bicyclic) bond motifs is 1. The number of benzene rings is 3. The van der Waals surface area contributed by atoms with E-state index in [1.54, 1.807) is 37.3 Å². The summed E-state index contributed by atoms with van der Waals surface area (Å²) in [7, 11) is 0. The summed E-state index contributed by atoms with van der Waals surface area (Å²) in [6.45, 7) is 0.814. The molecule has 0 spiro atoms. The van der Waals surface area contributed by atoms with E-state index in [0.29, 0.717) is 22.1 Å². The third-order valence-electron chi connectivity index (χ3n) is 4.88. The van der Waals surface area contributed by atoms with Crippen LogP contribution in [0.25, 0.3) is 22.1 Å². The van der Waals surface area contributed by atoms with Crippen molar-refractivity contribution in [1.29, 1.82) is 0 Å². The standard InChI is InChI=1S/C23H13F5O3/c1-11-14-9-13(30-10-15-18(24)20(26)22(28)21(27)19(15)25)7-8-16(14)31-23(29)17(11)12-5-3-2-4-6-12/h2-9H,10H2,1H3. The largest absolute Gasteiger partial charge is 0.489 e. The fraction of sp³-hybridized carbons (Fsp3) is 0.0870. The average Bonchev–Trinajstić information content (AvgIpc) is 2.77. The van der Waals surface area contributed by atoms with E-state index in [1.165, 1.54) is 18.2 Å². The van der Waals surface area contributed by atoms with Crippen molar-refractivity contribution in [3.05, 3.63) is 99.2 Å². The molecule has 0 aliphatic rings. The Labute approximate surface area is 172 Å². The number of halogens is 5. The van der Waals surface area contributed by atoms with E-state index in [4.69, 9.17) is 9.15 Å². The summed E-state index contributed by atoms with van der Waals surface area (Å²) < 4.78 is 78.3. The molecule has 0 atom stereocenters. The van der Waals surface area contributed by atoms with Gasteiger partial charge in [-0.05, 0) is 36.2 Å². The van der Waals surface area contributed by atoms with Gasteiger partial charge in [-0.25, -0.2) is 26.7 Å². The van der Waals surface area contributed by atoms with Crippen LogP contribution in [0.5, 0.6) is 5.75 Å². The van der Waals surface area contributed by atoms with E-state index >= 15 is 0 Å². The molecule has 3 aromatic carbocycles.